The molecule has 18 heavy (non-hydrogen) atoms. The number of hydrogen-bond acceptors (Lipinski definition) is 3. The van der Waals surface area contributed by atoms with Gasteiger partial charge in [-0.2, -0.15) is 13.2 Å². The normalized spacial score (nSPS) is 11.3. The molecule has 0 fully saturated rings. The number of carbonyl (C=O) groups excluding carboxylic acids is 1. The van der Waals surface area contributed by atoms with E-state index in [1.807, 2.05) is 0 Å². The first-order chi connectivity index (χ1) is 8.38. The minimum Gasteiger partial charge on any atom is -0.372 e. The van der Waals surface area contributed by atoms with Crippen molar-refractivity contribution in [3.63, 3.8) is 0 Å². The predicted molar refractivity (Wildman–Crippen MR) is 62.1 cm³/mol. The zero-order valence-corrected chi connectivity index (χ0v) is 10.7. The van der Waals surface area contributed by atoms with Crippen molar-refractivity contribution in [3.8, 4) is 0 Å². The second kappa shape index (κ2) is 6.69. The number of ether oxygens (including phenoxy) is 1. The van der Waals surface area contributed by atoms with Crippen molar-refractivity contribution in [2.45, 2.75) is 12.6 Å². The molecule has 0 bridgehead atoms. The van der Waals surface area contributed by atoms with E-state index in [4.69, 9.17) is 0 Å². The second-order valence-corrected chi connectivity index (χ2v) is 4.15. The van der Waals surface area contributed by atoms with Crippen molar-refractivity contribution in [3.05, 3.63) is 22.8 Å². The van der Waals surface area contributed by atoms with Crippen molar-refractivity contribution in [2.75, 3.05) is 18.5 Å². The molecular formula is C10H10BrF3N2O2. The molecule has 0 aliphatic rings. The van der Waals surface area contributed by atoms with E-state index in [0.29, 0.717) is 10.3 Å². The fourth-order valence-corrected chi connectivity index (χ4v) is 1.38. The summed E-state index contributed by atoms with van der Waals surface area (Å²) < 4.78 is 40.1. The molecule has 100 valence electrons. The number of alkyl halides is 3. The van der Waals surface area contributed by atoms with E-state index >= 15 is 0 Å². The Kier molecular flexibility index (Phi) is 5.54. The molecule has 1 amide bonds. The van der Waals surface area contributed by atoms with E-state index in [9.17, 15) is 18.0 Å². The van der Waals surface area contributed by atoms with Crippen LogP contribution in [0.15, 0.2) is 22.8 Å². The lowest BCUT2D eigenvalue weighted by molar-refractivity contribution is -0.174. The Labute approximate surface area is 110 Å². The molecule has 1 heterocycles. The van der Waals surface area contributed by atoms with Crippen LogP contribution < -0.4 is 5.32 Å². The maximum atomic E-state index is 11.7. The van der Waals surface area contributed by atoms with Crippen molar-refractivity contribution in [1.82, 2.24) is 4.98 Å². The Morgan fingerprint density at radius 3 is 2.83 bits per heavy atom. The summed E-state index contributed by atoms with van der Waals surface area (Å²) in [6.45, 7) is -1.65. The number of rotatable bonds is 5. The van der Waals surface area contributed by atoms with Crippen LogP contribution in [-0.4, -0.2) is 30.3 Å². The highest BCUT2D eigenvalue weighted by atomic mass is 79.9. The smallest absolute Gasteiger partial charge is 0.372 e. The molecule has 0 aliphatic carbocycles. The maximum Gasteiger partial charge on any atom is 0.411 e. The Bertz CT molecular complexity index is 412. The number of carbonyl (C=O) groups is 1. The van der Waals surface area contributed by atoms with Crippen LogP contribution in [0, 0.1) is 0 Å². The zero-order valence-electron chi connectivity index (χ0n) is 9.13. The quantitative estimate of drug-likeness (QED) is 0.846. The first-order valence-electron chi connectivity index (χ1n) is 4.93. The van der Waals surface area contributed by atoms with E-state index in [1.54, 1.807) is 12.1 Å². The molecule has 0 aromatic carbocycles. The van der Waals surface area contributed by atoms with E-state index < -0.39 is 18.7 Å². The number of halogens is 4. The summed E-state index contributed by atoms with van der Waals surface area (Å²) in [4.78, 5) is 15.2. The second-order valence-electron chi connectivity index (χ2n) is 3.30. The molecular weight excluding hydrogens is 317 g/mol. The largest absolute Gasteiger partial charge is 0.411 e. The summed E-state index contributed by atoms with van der Waals surface area (Å²) in [6, 6.07) is 3.36. The van der Waals surface area contributed by atoms with Crippen LogP contribution in [-0.2, 0) is 9.53 Å². The molecule has 1 N–H and O–H groups in total. The number of aromatic nitrogens is 1. The van der Waals surface area contributed by atoms with Gasteiger partial charge in [-0.3, -0.25) is 4.79 Å². The molecule has 1 aromatic heterocycles. The van der Waals surface area contributed by atoms with Gasteiger partial charge in [-0.25, -0.2) is 4.98 Å². The van der Waals surface area contributed by atoms with Gasteiger partial charge < -0.3 is 10.1 Å². The summed E-state index contributed by atoms with van der Waals surface area (Å²) in [5.74, 6) is -0.144. The summed E-state index contributed by atoms with van der Waals surface area (Å²) >= 11 is 3.18. The fourth-order valence-electron chi connectivity index (χ4n) is 1.02. The average Bonchev–Trinajstić information content (AvgIpc) is 2.26. The van der Waals surface area contributed by atoms with Gasteiger partial charge >= 0.3 is 6.18 Å². The van der Waals surface area contributed by atoms with Crippen LogP contribution in [0.3, 0.4) is 0 Å². The monoisotopic (exact) mass is 326 g/mol. The Morgan fingerprint density at radius 2 is 2.22 bits per heavy atom. The summed E-state index contributed by atoms with van der Waals surface area (Å²) in [7, 11) is 0. The van der Waals surface area contributed by atoms with Gasteiger partial charge in [0.05, 0.1) is 17.5 Å². The highest BCUT2D eigenvalue weighted by Gasteiger charge is 2.27. The third-order valence-electron chi connectivity index (χ3n) is 1.76. The molecule has 1 aromatic rings. The zero-order chi connectivity index (χ0) is 13.6. The molecule has 0 aliphatic heterocycles. The van der Waals surface area contributed by atoms with Crippen molar-refractivity contribution in [1.29, 1.82) is 0 Å². The molecule has 1 rings (SSSR count). The van der Waals surface area contributed by atoms with Gasteiger partial charge in [0.15, 0.2) is 0 Å². The fraction of sp³-hybridized carbons (Fsp3) is 0.400. The van der Waals surface area contributed by atoms with Gasteiger partial charge in [-0.15, -0.1) is 0 Å². The molecule has 8 heteroatoms. The van der Waals surface area contributed by atoms with Crippen LogP contribution in [0.25, 0.3) is 0 Å². The van der Waals surface area contributed by atoms with E-state index in [-0.39, 0.29) is 13.0 Å². The standard InChI is InChI=1S/C10H10BrF3N2O2/c11-7-2-1-4-15-9(7)16-8(17)3-5-18-6-10(12,13)14/h1-2,4H,3,5-6H2,(H,15,16,17). The van der Waals surface area contributed by atoms with Crippen LogP contribution in [0.2, 0.25) is 0 Å². The molecule has 0 atom stereocenters. The van der Waals surface area contributed by atoms with Crippen molar-refractivity contribution >= 4 is 27.7 Å². The Hall–Kier alpha value is -1.15. The number of hydrogen-bond donors (Lipinski definition) is 1. The van der Waals surface area contributed by atoms with E-state index in [0.717, 1.165) is 0 Å². The number of pyridine rings is 1. The molecule has 0 saturated carbocycles. The topological polar surface area (TPSA) is 51.2 Å². The molecule has 0 radical (unpaired) electrons. The first kappa shape index (κ1) is 14.9. The number of amides is 1. The average molecular weight is 327 g/mol. The van der Waals surface area contributed by atoms with Crippen LogP contribution >= 0.6 is 15.9 Å². The molecule has 0 spiro atoms. The van der Waals surface area contributed by atoms with E-state index in [1.165, 1.54) is 6.20 Å². The lowest BCUT2D eigenvalue weighted by Crippen LogP contribution is -2.20. The number of nitrogens with one attached hydrogen (secondary N) is 1. The van der Waals surface area contributed by atoms with Crippen LogP contribution in [0.5, 0.6) is 0 Å². The van der Waals surface area contributed by atoms with Gasteiger partial charge in [-0.1, -0.05) is 0 Å². The predicted octanol–water partition coefficient (Wildman–Crippen LogP) is 2.75. The Morgan fingerprint density at radius 1 is 1.50 bits per heavy atom. The molecule has 0 saturated heterocycles. The van der Waals surface area contributed by atoms with Gasteiger partial charge in [0.25, 0.3) is 0 Å². The molecule has 4 nitrogen and oxygen atoms in total. The first-order valence-corrected chi connectivity index (χ1v) is 5.72. The van der Waals surface area contributed by atoms with Gasteiger partial charge in [0, 0.05) is 6.20 Å². The third kappa shape index (κ3) is 5.97. The van der Waals surface area contributed by atoms with Crippen LogP contribution in [0.4, 0.5) is 19.0 Å². The lowest BCUT2D eigenvalue weighted by Gasteiger charge is -2.08. The van der Waals surface area contributed by atoms with Crippen LogP contribution in [0.1, 0.15) is 6.42 Å². The summed E-state index contributed by atoms with van der Waals surface area (Å²) in [5, 5.41) is 2.45. The SMILES string of the molecule is O=C(CCOCC(F)(F)F)Nc1ncccc1Br. The minimum atomic E-state index is -4.37. The highest BCUT2D eigenvalue weighted by molar-refractivity contribution is 9.10. The van der Waals surface area contributed by atoms with Gasteiger partial charge in [0.2, 0.25) is 5.91 Å². The molecule has 0 unspecified atom stereocenters. The lowest BCUT2D eigenvalue weighted by atomic mass is 10.4. The van der Waals surface area contributed by atoms with E-state index in [2.05, 4.69) is 31.0 Å². The van der Waals surface area contributed by atoms with Crippen molar-refractivity contribution in [2.24, 2.45) is 0 Å². The summed E-state index contributed by atoms with van der Waals surface area (Å²) in [6.07, 6.45) is -3.06. The minimum absolute atomic E-state index is 0.168. The maximum absolute atomic E-state index is 11.7. The number of anilines is 1. The third-order valence-corrected chi connectivity index (χ3v) is 2.40. The summed E-state index contributed by atoms with van der Waals surface area (Å²) in [5.41, 5.74) is 0. The highest BCUT2D eigenvalue weighted by Crippen LogP contribution is 2.18. The Balaban J connectivity index is 2.29. The van der Waals surface area contributed by atoms with Gasteiger partial charge in [-0.05, 0) is 28.1 Å². The van der Waals surface area contributed by atoms with Gasteiger partial charge in [0.1, 0.15) is 12.4 Å². The van der Waals surface area contributed by atoms with Crippen molar-refractivity contribution < 1.29 is 22.7 Å². The number of nitrogens with zero attached hydrogens (tertiary/aromatic N) is 1.